The minimum Gasteiger partial charge on any atom is -0.393 e. The molecule has 110 valence electrons. The molecular formula is C10H13BrN4O4S. The van der Waals surface area contributed by atoms with Gasteiger partial charge in [0.15, 0.2) is 0 Å². The van der Waals surface area contributed by atoms with Gasteiger partial charge in [-0.3, -0.25) is 4.18 Å². The second-order valence-electron chi connectivity index (χ2n) is 4.07. The van der Waals surface area contributed by atoms with Gasteiger partial charge in [0.2, 0.25) is 5.95 Å². The molecule has 8 nitrogen and oxygen atoms in total. The summed E-state index contributed by atoms with van der Waals surface area (Å²) in [6.07, 6.45) is 4.34. The Bertz CT molecular complexity index is 582. The molecule has 10 heteroatoms. The summed E-state index contributed by atoms with van der Waals surface area (Å²) in [5.41, 5.74) is 0.843. The van der Waals surface area contributed by atoms with Gasteiger partial charge in [0, 0.05) is 12.4 Å². The fourth-order valence-corrected chi connectivity index (χ4v) is 2.00. The van der Waals surface area contributed by atoms with Crippen molar-refractivity contribution in [2.45, 2.75) is 0 Å². The van der Waals surface area contributed by atoms with Gasteiger partial charge < -0.3 is 9.74 Å². The molecule has 1 fully saturated rings. The quantitative estimate of drug-likeness (QED) is 0.409. The summed E-state index contributed by atoms with van der Waals surface area (Å²) in [5.74, 6) is 0.632. The van der Waals surface area contributed by atoms with E-state index in [1.807, 2.05) is 4.90 Å². The molecule has 1 saturated heterocycles. The van der Waals surface area contributed by atoms with Crippen LogP contribution in [-0.4, -0.2) is 56.7 Å². The molecular weight excluding hydrogens is 352 g/mol. The van der Waals surface area contributed by atoms with Crippen LogP contribution in [0.15, 0.2) is 22.0 Å². The van der Waals surface area contributed by atoms with Crippen molar-refractivity contribution in [3.05, 3.63) is 16.9 Å². The van der Waals surface area contributed by atoms with Crippen molar-refractivity contribution in [1.82, 2.24) is 9.97 Å². The SMILES string of the molecule is CS(=O)(=O)OCCON=C1CN(c2ncc(Br)cn2)C1. The van der Waals surface area contributed by atoms with Gasteiger partial charge in [-0.2, -0.15) is 8.42 Å². The normalized spacial score (nSPS) is 14.9. The second kappa shape index (κ2) is 6.46. The van der Waals surface area contributed by atoms with Crippen molar-refractivity contribution in [3.63, 3.8) is 0 Å². The van der Waals surface area contributed by atoms with Crippen LogP contribution in [-0.2, 0) is 19.1 Å². The van der Waals surface area contributed by atoms with E-state index in [2.05, 4.69) is 35.2 Å². The van der Waals surface area contributed by atoms with Crippen LogP contribution in [0.1, 0.15) is 0 Å². The summed E-state index contributed by atoms with van der Waals surface area (Å²) in [6.45, 7) is 1.23. The van der Waals surface area contributed by atoms with Crippen LogP contribution in [0.4, 0.5) is 5.95 Å². The molecule has 1 aromatic rings. The van der Waals surface area contributed by atoms with Gasteiger partial charge >= 0.3 is 0 Å². The molecule has 0 saturated carbocycles. The highest BCUT2D eigenvalue weighted by Gasteiger charge is 2.24. The average Bonchev–Trinajstić information content (AvgIpc) is 2.31. The van der Waals surface area contributed by atoms with Gasteiger partial charge in [-0.05, 0) is 15.9 Å². The Hall–Kier alpha value is -1.26. The number of hydrogen-bond donors (Lipinski definition) is 0. The number of anilines is 1. The van der Waals surface area contributed by atoms with Crippen molar-refractivity contribution in [2.75, 3.05) is 37.5 Å². The molecule has 0 amide bonds. The molecule has 0 bridgehead atoms. The molecule has 0 aliphatic carbocycles. The van der Waals surface area contributed by atoms with Crippen LogP contribution in [0.5, 0.6) is 0 Å². The largest absolute Gasteiger partial charge is 0.393 e. The second-order valence-corrected chi connectivity index (χ2v) is 6.63. The lowest BCUT2D eigenvalue weighted by Crippen LogP contribution is -2.48. The predicted molar refractivity (Wildman–Crippen MR) is 76.1 cm³/mol. The number of rotatable bonds is 6. The zero-order valence-electron chi connectivity index (χ0n) is 10.7. The molecule has 0 N–H and O–H groups in total. The molecule has 1 aromatic heterocycles. The lowest BCUT2D eigenvalue weighted by molar-refractivity contribution is 0.108. The Labute approximate surface area is 125 Å². The fraction of sp³-hybridized carbons (Fsp3) is 0.500. The topological polar surface area (TPSA) is 94.0 Å². The van der Waals surface area contributed by atoms with Gasteiger partial charge in [-0.25, -0.2) is 9.97 Å². The van der Waals surface area contributed by atoms with Crippen LogP contribution < -0.4 is 4.90 Å². The minimum atomic E-state index is -3.42. The lowest BCUT2D eigenvalue weighted by Gasteiger charge is -2.31. The van der Waals surface area contributed by atoms with E-state index in [1.54, 1.807) is 12.4 Å². The van der Waals surface area contributed by atoms with E-state index in [0.717, 1.165) is 16.4 Å². The molecule has 20 heavy (non-hydrogen) atoms. The molecule has 2 rings (SSSR count). The van der Waals surface area contributed by atoms with Crippen LogP contribution in [0.3, 0.4) is 0 Å². The number of halogens is 1. The summed E-state index contributed by atoms with van der Waals surface area (Å²) in [6, 6.07) is 0. The Balaban J connectivity index is 1.68. The van der Waals surface area contributed by atoms with E-state index in [0.29, 0.717) is 19.0 Å². The first kappa shape index (κ1) is 15.1. The molecule has 0 radical (unpaired) electrons. The van der Waals surface area contributed by atoms with Crippen LogP contribution in [0, 0.1) is 0 Å². The van der Waals surface area contributed by atoms with E-state index in [9.17, 15) is 8.42 Å². The summed E-state index contributed by atoms with van der Waals surface area (Å²) < 4.78 is 26.7. The first-order valence-electron chi connectivity index (χ1n) is 5.68. The van der Waals surface area contributed by atoms with E-state index >= 15 is 0 Å². The van der Waals surface area contributed by atoms with E-state index in [4.69, 9.17) is 4.84 Å². The smallest absolute Gasteiger partial charge is 0.264 e. The van der Waals surface area contributed by atoms with Crippen LogP contribution in [0.25, 0.3) is 0 Å². The van der Waals surface area contributed by atoms with E-state index < -0.39 is 10.1 Å². The summed E-state index contributed by atoms with van der Waals surface area (Å²) >= 11 is 3.27. The van der Waals surface area contributed by atoms with Crippen molar-refractivity contribution in [2.24, 2.45) is 5.16 Å². The van der Waals surface area contributed by atoms with E-state index in [1.165, 1.54) is 0 Å². The van der Waals surface area contributed by atoms with Crippen LogP contribution >= 0.6 is 15.9 Å². The standard InChI is InChI=1S/C10H13BrN4O4S/c1-20(16,17)19-3-2-18-14-9-6-15(7-9)10-12-4-8(11)5-13-10/h4-5H,2-3,6-7H2,1H3. The summed E-state index contributed by atoms with van der Waals surface area (Å²) in [4.78, 5) is 15.2. The van der Waals surface area contributed by atoms with Gasteiger partial charge in [-0.15, -0.1) is 0 Å². The molecule has 0 spiro atoms. The molecule has 2 heterocycles. The van der Waals surface area contributed by atoms with Crippen molar-refractivity contribution in [1.29, 1.82) is 0 Å². The van der Waals surface area contributed by atoms with Crippen LogP contribution in [0.2, 0.25) is 0 Å². The Kier molecular flexibility index (Phi) is 4.89. The van der Waals surface area contributed by atoms with Crippen molar-refractivity contribution >= 4 is 37.7 Å². The monoisotopic (exact) mass is 364 g/mol. The third kappa shape index (κ3) is 4.69. The maximum Gasteiger partial charge on any atom is 0.264 e. The summed E-state index contributed by atoms with van der Waals surface area (Å²) in [5, 5.41) is 3.88. The maximum atomic E-state index is 10.7. The van der Waals surface area contributed by atoms with E-state index in [-0.39, 0.29) is 13.2 Å². The molecule has 0 unspecified atom stereocenters. The number of hydrogen-bond acceptors (Lipinski definition) is 8. The number of oxime groups is 1. The Morgan fingerprint density at radius 1 is 1.35 bits per heavy atom. The van der Waals surface area contributed by atoms with Gasteiger partial charge in [0.05, 0.1) is 29.5 Å². The van der Waals surface area contributed by atoms with Crippen molar-refractivity contribution in [3.8, 4) is 0 Å². The predicted octanol–water partition coefficient (Wildman–Crippen LogP) is 0.408. The highest BCUT2D eigenvalue weighted by molar-refractivity contribution is 9.10. The fourth-order valence-electron chi connectivity index (χ4n) is 1.42. The van der Waals surface area contributed by atoms with Gasteiger partial charge in [-0.1, -0.05) is 5.16 Å². The molecule has 0 aromatic carbocycles. The zero-order chi connectivity index (χ0) is 14.6. The average molecular weight is 365 g/mol. The first-order chi connectivity index (χ1) is 9.44. The molecule has 0 atom stereocenters. The summed E-state index contributed by atoms with van der Waals surface area (Å²) in [7, 11) is -3.42. The number of aromatic nitrogens is 2. The zero-order valence-corrected chi connectivity index (χ0v) is 13.1. The number of nitrogens with zero attached hydrogens (tertiary/aromatic N) is 4. The van der Waals surface area contributed by atoms with Crippen molar-refractivity contribution < 1.29 is 17.4 Å². The van der Waals surface area contributed by atoms with Gasteiger partial charge in [0.25, 0.3) is 10.1 Å². The molecule has 1 aliphatic rings. The third-order valence-corrected chi connectivity index (χ3v) is 3.31. The highest BCUT2D eigenvalue weighted by atomic mass is 79.9. The van der Waals surface area contributed by atoms with Gasteiger partial charge in [0.1, 0.15) is 13.2 Å². The maximum absolute atomic E-state index is 10.7. The molecule has 1 aliphatic heterocycles. The highest BCUT2D eigenvalue weighted by Crippen LogP contribution is 2.15. The first-order valence-corrected chi connectivity index (χ1v) is 8.29. The minimum absolute atomic E-state index is 0.0465. The third-order valence-electron chi connectivity index (χ3n) is 2.30. The lowest BCUT2D eigenvalue weighted by atomic mass is 10.2. The Morgan fingerprint density at radius 3 is 2.60 bits per heavy atom. The Morgan fingerprint density at radius 2 is 2.00 bits per heavy atom.